The standard InChI is InChI=1S/C16H33NO2/c1-14(2)13-17-11-9-16(7-6-8-16)19-12-10-15(3,4)18-5/h14,17H,6-13H2,1-5H3. The first-order valence-corrected chi connectivity index (χ1v) is 7.79. The molecule has 0 aliphatic heterocycles. The number of methoxy groups -OCH3 is 1. The maximum atomic E-state index is 6.19. The monoisotopic (exact) mass is 271 g/mol. The van der Waals surface area contributed by atoms with E-state index in [1.807, 2.05) is 0 Å². The Morgan fingerprint density at radius 3 is 2.42 bits per heavy atom. The molecule has 0 aromatic heterocycles. The number of hydrogen-bond acceptors (Lipinski definition) is 3. The summed E-state index contributed by atoms with van der Waals surface area (Å²) in [7, 11) is 1.77. The number of hydrogen-bond donors (Lipinski definition) is 1. The summed E-state index contributed by atoms with van der Waals surface area (Å²) in [6.07, 6.45) is 5.88. The Hall–Kier alpha value is -0.120. The lowest BCUT2D eigenvalue weighted by atomic mass is 9.77. The van der Waals surface area contributed by atoms with Crippen LogP contribution in [0.2, 0.25) is 0 Å². The van der Waals surface area contributed by atoms with Gasteiger partial charge in [-0.05, 0) is 65.0 Å². The molecular formula is C16H33NO2. The summed E-state index contributed by atoms with van der Waals surface area (Å²) in [4.78, 5) is 0. The summed E-state index contributed by atoms with van der Waals surface area (Å²) in [6, 6.07) is 0. The molecule has 0 saturated heterocycles. The van der Waals surface area contributed by atoms with Gasteiger partial charge in [-0.1, -0.05) is 13.8 Å². The molecule has 0 radical (unpaired) electrons. The van der Waals surface area contributed by atoms with Crippen molar-refractivity contribution in [1.29, 1.82) is 0 Å². The fourth-order valence-electron chi connectivity index (χ4n) is 2.36. The molecule has 0 heterocycles. The summed E-state index contributed by atoms with van der Waals surface area (Å²) >= 11 is 0. The third-order valence-corrected chi connectivity index (χ3v) is 4.24. The third kappa shape index (κ3) is 6.24. The van der Waals surface area contributed by atoms with Gasteiger partial charge in [0.1, 0.15) is 0 Å². The predicted octanol–water partition coefficient (Wildman–Crippen LogP) is 3.38. The molecule has 0 spiro atoms. The van der Waals surface area contributed by atoms with Crippen molar-refractivity contribution in [3.8, 4) is 0 Å². The molecule has 0 aromatic rings. The molecular weight excluding hydrogens is 238 g/mol. The van der Waals surface area contributed by atoms with Crippen LogP contribution in [0.15, 0.2) is 0 Å². The summed E-state index contributed by atoms with van der Waals surface area (Å²) < 4.78 is 11.6. The van der Waals surface area contributed by atoms with Gasteiger partial charge in [-0.25, -0.2) is 0 Å². The second kappa shape index (κ2) is 7.61. The van der Waals surface area contributed by atoms with Gasteiger partial charge in [-0.15, -0.1) is 0 Å². The molecule has 1 aliphatic carbocycles. The molecule has 0 amide bonds. The zero-order valence-electron chi connectivity index (χ0n) is 13.6. The van der Waals surface area contributed by atoms with Crippen LogP contribution in [0.25, 0.3) is 0 Å². The van der Waals surface area contributed by atoms with Gasteiger partial charge in [-0.3, -0.25) is 0 Å². The van der Waals surface area contributed by atoms with E-state index in [1.165, 1.54) is 19.3 Å². The number of nitrogens with one attached hydrogen (secondary N) is 1. The lowest BCUT2D eigenvalue weighted by Gasteiger charge is -2.42. The topological polar surface area (TPSA) is 30.5 Å². The van der Waals surface area contributed by atoms with E-state index in [0.717, 1.165) is 38.5 Å². The normalized spacial score (nSPS) is 18.6. The number of ether oxygens (including phenoxy) is 2. The zero-order valence-corrected chi connectivity index (χ0v) is 13.6. The maximum absolute atomic E-state index is 6.19. The Morgan fingerprint density at radius 2 is 1.95 bits per heavy atom. The van der Waals surface area contributed by atoms with Crippen molar-refractivity contribution in [3.05, 3.63) is 0 Å². The molecule has 1 rings (SSSR count). The highest BCUT2D eigenvalue weighted by Crippen LogP contribution is 2.38. The Morgan fingerprint density at radius 1 is 1.26 bits per heavy atom. The minimum absolute atomic E-state index is 0.0686. The van der Waals surface area contributed by atoms with Crippen molar-refractivity contribution in [2.45, 2.75) is 71.0 Å². The molecule has 0 unspecified atom stereocenters. The van der Waals surface area contributed by atoms with Crippen molar-refractivity contribution < 1.29 is 9.47 Å². The molecule has 0 atom stereocenters. The zero-order chi connectivity index (χ0) is 14.4. The highest BCUT2D eigenvalue weighted by Gasteiger charge is 2.37. The Kier molecular flexibility index (Phi) is 6.78. The van der Waals surface area contributed by atoms with Crippen molar-refractivity contribution in [3.63, 3.8) is 0 Å². The van der Waals surface area contributed by atoms with Crippen molar-refractivity contribution in [2.24, 2.45) is 5.92 Å². The third-order valence-electron chi connectivity index (χ3n) is 4.24. The summed E-state index contributed by atoms with van der Waals surface area (Å²) in [5, 5.41) is 3.52. The van der Waals surface area contributed by atoms with Crippen LogP contribution >= 0.6 is 0 Å². The van der Waals surface area contributed by atoms with Gasteiger partial charge in [0, 0.05) is 7.11 Å². The van der Waals surface area contributed by atoms with E-state index in [4.69, 9.17) is 9.47 Å². The van der Waals surface area contributed by atoms with Gasteiger partial charge in [0.05, 0.1) is 17.8 Å². The quantitative estimate of drug-likeness (QED) is 0.618. The highest BCUT2D eigenvalue weighted by atomic mass is 16.5. The average molecular weight is 271 g/mol. The van der Waals surface area contributed by atoms with E-state index in [1.54, 1.807) is 7.11 Å². The maximum Gasteiger partial charge on any atom is 0.0694 e. The predicted molar refractivity (Wildman–Crippen MR) is 80.6 cm³/mol. The van der Waals surface area contributed by atoms with Gasteiger partial charge in [0.15, 0.2) is 0 Å². The fraction of sp³-hybridized carbons (Fsp3) is 1.00. The molecule has 3 nitrogen and oxygen atoms in total. The molecule has 1 saturated carbocycles. The highest BCUT2D eigenvalue weighted by molar-refractivity contribution is 4.90. The van der Waals surface area contributed by atoms with Gasteiger partial charge < -0.3 is 14.8 Å². The summed E-state index contributed by atoms with van der Waals surface area (Å²) in [5.74, 6) is 0.723. The Bertz CT molecular complexity index is 247. The summed E-state index contributed by atoms with van der Waals surface area (Å²) in [5.41, 5.74) is 0.0919. The molecule has 1 aliphatic rings. The first-order chi connectivity index (χ1) is 8.89. The van der Waals surface area contributed by atoms with Crippen molar-refractivity contribution >= 4 is 0 Å². The van der Waals surface area contributed by atoms with E-state index >= 15 is 0 Å². The van der Waals surface area contributed by atoms with E-state index < -0.39 is 0 Å². The minimum Gasteiger partial charge on any atom is -0.379 e. The second-order valence-electron chi connectivity index (χ2n) is 6.95. The lowest BCUT2D eigenvalue weighted by molar-refractivity contribution is -0.119. The van der Waals surface area contributed by atoms with Crippen LogP contribution in [0.4, 0.5) is 0 Å². The van der Waals surface area contributed by atoms with Crippen LogP contribution in [-0.4, -0.2) is 38.0 Å². The van der Waals surface area contributed by atoms with E-state index in [-0.39, 0.29) is 11.2 Å². The van der Waals surface area contributed by atoms with Crippen LogP contribution in [0.3, 0.4) is 0 Å². The molecule has 3 heteroatoms. The van der Waals surface area contributed by atoms with E-state index in [2.05, 4.69) is 33.0 Å². The Labute approximate surface area is 119 Å². The van der Waals surface area contributed by atoms with Gasteiger partial charge in [0.25, 0.3) is 0 Å². The molecule has 19 heavy (non-hydrogen) atoms. The summed E-state index contributed by atoms with van der Waals surface area (Å²) in [6.45, 7) is 11.7. The molecule has 1 fully saturated rings. The molecule has 0 bridgehead atoms. The van der Waals surface area contributed by atoms with Gasteiger partial charge in [0.2, 0.25) is 0 Å². The first kappa shape index (κ1) is 16.9. The van der Waals surface area contributed by atoms with Gasteiger partial charge >= 0.3 is 0 Å². The fourth-order valence-corrected chi connectivity index (χ4v) is 2.36. The van der Waals surface area contributed by atoms with E-state index in [0.29, 0.717) is 0 Å². The van der Waals surface area contributed by atoms with Crippen LogP contribution in [0.5, 0.6) is 0 Å². The average Bonchev–Trinajstić information content (AvgIpc) is 2.29. The van der Waals surface area contributed by atoms with E-state index in [9.17, 15) is 0 Å². The lowest BCUT2D eigenvalue weighted by Crippen LogP contribution is -2.43. The first-order valence-electron chi connectivity index (χ1n) is 7.79. The largest absolute Gasteiger partial charge is 0.379 e. The SMILES string of the molecule is COC(C)(C)CCOC1(CCNCC(C)C)CCC1. The smallest absolute Gasteiger partial charge is 0.0694 e. The van der Waals surface area contributed by atoms with Crippen molar-refractivity contribution in [2.75, 3.05) is 26.8 Å². The molecule has 0 aromatic carbocycles. The van der Waals surface area contributed by atoms with Crippen LogP contribution < -0.4 is 5.32 Å². The van der Waals surface area contributed by atoms with Crippen LogP contribution in [0, 0.1) is 5.92 Å². The van der Waals surface area contributed by atoms with Gasteiger partial charge in [-0.2, -0.15) is 0 Å². The number of rotatable bonds is 10. The van der Waals surface area contributed by atoms with Crippen LogP contribution in [-0.2, 0) is 9.47 Å². The van der Waals surface area contributed by atoms with Crippen LogP contribution in [0.1, 0.15) is 59.8 Å². The Balaban J connectivity index is 2.20. The minimum atomic E-state index is -0.0686. The van der Waals surface area contributed by atoms with Crippen molar-refractivity contribution in [1.82, 2.24) is 5.32 Å². The second-order valence-corrected chi connectivity index (χ2v) is 6.95. The molecule has 1 N–H and O–H groups in total. The molecule has 114 valence electrons.